The maximum absolute atomic E-state index is 12.4. The Bertz CT molecular complexity index is 1340. The van der Waals surface area contributed by atoms with Crippen LogP contribution < -0.4 is 19.6 Å². The van der Waals surface area contributed by atoms with Crippen molar-refractivity contribution in [2.24, 2.45) is 5.10 Å². The van der Waals surface area contributed by atoms with Crippen LogP contribution in [0.4, 0.5) is 0 Å². The Labute approximate surface area is 202 Å². The Morgan fingerprint density at radius 1 is 0.857 bits per heavy atom. The third-order valence-corrected chi connectivity index (χ3v) is 5.23. The van der Waals surface area contributed by atoms with Crippen LogP contribution in [0.1, 0.15) is 22.8 Å². The Kier molecular flexibility index (Phi) is 7.37. The molecule has 0 aromatic heterocycles. The van der Waals surface area contributed by atoms with Gasteiger partial charge in [-0.25, -0.2) is 10.2 Å². The minimum Gasteiger partial charge on any atom is -0.497 e. The van der Waals surface area contributed by atoms with E-state index < -0.39 is 12.1 Å². The molecular formula is C28H24N2O5. The van der Waals surface area contributed by atoms with E-state index in [1.165, 1.54) is 6.21 Å². The minimum atomic E-state index is -0.738. The van der Waals surface area contributed by atoms with Crippen LogP contribution in [0, 0.1) is 0 Å². The lowest BCUT2D eigenvalue weighted by atomic mass is 10.1. The van der Waals surface area contributed by atoms with E-state index in [-0.39, 0.29) is 5.91 Å². The fourth-order valence-corrected chi connectivity index (χ4v) is 3.32. The zero-order valence-electron chi connectivity index (χ0n) is 19.3. The number of rotatable bonds is 8. The van der Waals surface area contributed by atoms with E-state index in [2.05, 4.69) is 10.5 Å². The third-order valence-electron chi connectivity index (χ3n) is 5.23. The van der Waals surface area contributed by atoms with E-state index in [0.717, 1.165) is 16.3 Å². The molecule has 0 spiro atoms. The van der Waals surface area contributed by atoms with Crippen molar-refractivity contribution in [3.8, 4) is 17.2 Å². The number of esters is 1. The van der Waals surface area contributed by atoms with Crippen molar-refractivity contribution in [3.63, 3.8) is 0 Å². The van der Waals surface area contributed by atoms with Gasteiger partial charge in [-0.1, -0.05) is 36.4 Å². The largest absolute Gasteiger partial charge is 0.497 e. The molecule has 176 valence electrons. The van der Waals surface area contributed by atoms with Crippen LogP contribution >= 0.6 is 0 Å². The van der Waals surface area contributed by atoms with Gasteiger partial charge in [0.25, 0.3) is 5.91 Å². The number of hydrogen-bond donors (Lipinski definition) is 1. The number of nitrogens with one attached hydrogen (secondary N) is 1. The van der Waals surface area contributed by atoms with Gasteiger partial charge in [-0.2, -0.15) is 5.10 Å². The van der Waals surface area contributed by atoms with Crippen molar-refractivity contribution in [1.82, 2.24) is 5.43 Å². The Balaban J connectivity index is 1.30. The van der Waals surface area contributed by atoms with Crippen molar-refractivity contribution in [2.45, 2.75) is 13.0 Å². The summed E-state index contributed by atoms with van der Waals surface area (Å²) in [6.45, 7) is 1.67. The maximum atomic E-state index is 12.4. The summed E-state index contributed by atoms with van der Waals surface area (Å²) >= 11 is 0. The number of hydrazone groups is 1. The normalized spacial score (nSPS) is 11.7. The zero-order valence-corrected chi connectivity index (χ0v) is 19.3. The highest BCUT2D eigenvalue weighted by Gasteiger charge is 2.15. The highest BCUT2D eigenvalue weighted by molar-refractivity contribution is 5.91. The van der Waals surface area contributed by atoms with Crippen LogP contribution in [0.25, 0.3) is 10.8 Å². The van der Waals surface area contributed by atoms with Gasteiger partial charge in [-0.05, 0) is 72.5 Å². The van der Waals surface area contributed by atoms with Crippen LogP contribution in [-0.2, 0) is 4.79 Å². The number of carbonyl (C=O) groups is 2. The van der Waals surface area contributed by atoms with E-state index in [1.807, 2.05) is 42.5 Å². The van der Waals surface area contributed by atoms with Crippen LogP contribution in [-0.4, -0.2) is 31.3 Å². The molecule has 1 atom stereocenters. The molecule has 4 aromatic rings. The molecule has 0 fully saturated rings. The van der Waals surface area contributed by atoms with E-state index in [1.54, 1.807) is 62.6 Å². The van der Waals surface area contributed by atoms with Gasteiger partial charge in [0.2, 0.25) is 0 Å². The predicted octanol–water partition coefficient (Wildman–Crippen LogP) is 4.99. The van der Waals surface area contributed by atoms with Gasteiger partial charge >= 0.3 is 5.97 Å². The van der Waals surface area contributed by atoms with Gasteiger partial charge in [0.1, 0.15) is 17.2 Å². The van der Waals surface area contributed by atoms with Gasteiger partial charge in [0, 0.05) is 5.39 Å². The van der Waals surface area contributed by atoms with Crippen molar-refractivity contribution < 1.29 is 23.8 Å². The number of fused-ring (bicyclic) bond motifs is 1. The quantitative estimate of drug-likeness (QED) is 0.171. The summed E-state index contributed by atoms with van der Waals surface area (Å²) in [6, 6.07) is 26.9. The highest BCUT2D eigenvalue weighted by atomic mass is 16.5. The molecule has 0 heterocycles. The second kappa shape index (κ2) is 11.0. The van der Waals surface area contributed by atoms with E-state index in [0.29, 0.717) is 22.8 Å². The lowest BCUT2D eigenvalue weighted by Crippen LogP contribution is -2.33. The highest BCUT2D eigenvalue weighted by Crippen LogP contribution is 2.26. The molecule has 7 heteroatoms. The summed E-state index contributed by atoms with van der Waals surface area (Å²) in [4.78, 5) is 24.7. The molecule has 7 nitrogen and oxygen atoms in total. The van der Waals surface area contributed by atoms with Crippen LogP contribution in [0.2, 0.25) is 0 Å². The summed E-state index contributed by atoms with van der Waals surface area (Å²) in [5, 5.41) is 5.97. The molecule has 1 unspecified atom stereocenters. The first-order valence-corrected chi connectivity index (χ1v) is 11.0. The average Bonchev–Trinajstić information content (AvgIpc) is 2.90. The summed E-state index contributed by atoms with van der Waals surface area (Å²) in [7, 11) is 1.56. The second-order valence-corrected chi connectivity index (χ2v) is 7.66. The molecular weight excluding hydrogens is 444 g/mol. The molecule has 4 rings (SSSR count). The molecule has 1 N–H and O–H groups in total. The van der Waals surface area contributed by atoms with Crippen molar-refractivity contribution in [2.75, 3.05) is 7.11 Å². The Morgan fingerprint density at radius 3 is 2.29 bits per heavy atom. The fourth-order valence-electron chi connectivity index (χ4n) is 3.32. The van der Waals surface area contributed by atoms with Crippen LogP contribution in [0.3, 0.4) is 0 Å². The molecule has 0 saturated carbocycles. The number of methoxy groups -OCH3 is 1. The SMILES string of the molecule is COc1ccc(C(=O)Oc2ccc(/C=N/NC(=O)C(C)Oc3cccc4ccccc34)cc2)cc1. The predicted molar refractivity (Wildman–Crippen MR) is 134 cm³/mol. The summed E-state index contributed by atoms with van der Waals surface area (Å²) in [6.07, 6.45) is 0.759. The van der Waals surface area contributed by atoms with Crippen LogP contribution in [0.15, 0.2) is 96.1 Å². The van der Waals surface area contributed by atoms with Gasteiger partial charge in [-0.3, -0.25) is 4.79 Å². The van der Waals surface area contributed by atoms with E-state index in [9.17, 15) is 9.59 Å². The maximum Gasteiger partial charge on any atom is 0.343 e. The van der Waals surface area contributed by atoms with E-state index in [4.69, 9.17) is 14.2 Å². The molecule has 4 aromatic carbocycles. The minimum absolute atomic E-state index is 0.376. The summed E-state index contributed by atoms with van der Waals surface area (Å²) in [5.41, 5.74) is 3.62. The summed E-state index contributed by atoms with van der Waals surface area (Å²) < 4.78 is 16.3. The number of nitrogens with zero attached hydrogens (tertiary/aromatic N) is 1. The molecule has 1 amide bonds. The zero-order chi connectivity index (χ0) is 24.6. The van der Waals surface area contributed by atoms with Crippen molar-refractivity contribution in [3.05, 3.63) is 102 Å². The first-order valence-electron chi connectivity index (χ1n) is 11.0. The fraction of sp³-hybridized carbons (Fsp3) is 0.107. The lowest BCUT2D eigenvalue weighted by molar-refractivity contribution is -0.127. The molecule has 0 aliphatic heterocycles. The van der Waals surface area contributed by atoms with Crippen molar-refractivity contribution in [1.29, 1.82) is 0 Å². The average molecular weight is 469 g/mol. The standard InChI is InChI=1S/C28H24N2O5/c1-19(34-26-9-5-7-21-6-3-4-8-25(21)26)27(31)30-29-18-20-10-14-24(15-11-20)35-28(32)22-12-16-23(33-2)17-13-22/h3-19H,1-2H3,(H,30,31)/b29-18+. The Hall–Kier alpha value is -4.65. The number of ether oxygens (including phenoxy) is 3. The van der Waals surface area contributed by atoms with E-state index >= 15 is 0 Å². The molecule has 0 saturated heterocycles. The summed E-state index contributed by atoms with van der Waals surface area (Å²) in [5.74, 6) is 0.839. The lowest BCUT2D eigenvalue weighted by Gasteiger charge is -2.14. The molecule has 0 bridgehead atoms. The van der Waals surface area contributed by atoms with Crippen molar-refractivity contribution >= 4 is 28.9 Å². The molecule has 0 aliphatic rings. The van der Waals surface area contributed by atoms with Gasteiger partial charge in [0.15, 0.2) is 6.10 Å². The number of benzene rings is 4. The topological polar surface area (TPSA) is 86.2 Å². The monoisotopic (exact) mass is 468 g/mol. The first kappa shape index (κ1) is 23.5. The molecule has 0 radical (unpaired) electrons. The van der Waals surface area contributed by atoms with Crippen LogP contribution in [0.5, 0.6) is 17.2 Å². The van der Waals surface area contributed by atoms with Gasteiger partial charge in [0.05, 0.1) is 18.9 Å². The van der Waals surface area contributed by atoms with Gasteiger partial charge < -0.3 is 14.2 Å². The van der Waals surface area contributed by atoms with Gasteiger partial charge in [-0.15, -0.1) is 0 Å². The smallest absolute Gasteiger partial charge is 0.343 e. The number of hydrogen-bond acceptors (Lipinski definition) is 6. The second-order valence-electron chi connectivity index (χ2n) is 7.66. The third kappa shape index (κ3) is 6.03. The number of amides is 1. The number of carbonyl (C=O) groups excluding carboxylic acids is 2. The molecule has 35 heavy (non-hydrogen) atoms. The first-order chi connectivity index (χ1) is 17.0. The molecule has 0 aliphatic carbocycles. The Morgan fingerprint density at radius 2 is 1.54 bits per heavy atom.